The number of hydrogen-bond acceptors (Lipinski definition) is 3. The predicted molar refractivity (Wildman–Crippen MR) is 51.5 cm³/mol. The smallest absolute Gasteiger partial charge is 0.234 e. The Labute approximate surface area is 83.6 Å². The van der Waals surface area contributed by atoms with Gasteiger partial charge in [-0.05, 0) is 19.4 Å². The van der Waals surface area contributed by atoms with E-state index in [9.17, 15) is 9.59 Å². The van der Waals surface area contributed by atoms with Crippen LogP contribution in [0, 0.1) is 11.8 Å². The summed E-state index contributed by atoms with van der Waals surface area (Å²) in [6.07, 6.45) is 1.67. The first-order chi connectivity index (χ1) is 6.75. The molecule has 2 saturated heterocycles. The van der Waals surface area contributed by atoms with Crippen molar-refractivity contribution >= 4 is 11.8 Å². The fourth-order valence-electron chi connectivity index (χ4n) is 2.37. The summed E-state index contributed by atoms with van der Waals surface area (Å²) >= 11 is 0. The van der Waals surface area contributed by atoms with E-state index >= 15 is 0 Å². The van der Waals surface area contributed by atoms with Gasteiger partial charge >= 0.3 is 0 Å². The number of amides is 2. The number of piperidine rings is 1. The summed E-state index contributed by atoms with van der Waals surface area (Å²) in [4.78, 5) is 25.1. The summed E-state index contributed by atoms with van der Waals surface area (Å²) in [5.74, 6) is -0.0181. The highest BCUT2D eigenvalue weighted by Gasteiger charge is 2.47. The van der Waals surface area contributed by atoms with E-state index in [1.54, 1.807) is 0 Å². The lowest BCUT2D eigenvalue weighted by Crippen LogP contribution is -2.38. The Morgan fingerprint density at radius 3 is 2.71 bits per heavy atom. The monoisotopic (exact) mass is 196 g/mol. The Morgan fingerprint density at radius 2 is 2.07 bits per heavy atom. The van der Waals surface area contributed by atoms with Crippen LogP contribution in [0.25, 0.3) is 0 Å². The molecule has 0 bridgehead atoms. The fourth-order valence-corrected chi connectivity index (χ4v) is 2.37. The highest BCUT2D eigenvalue weighted by atomic mass is 16.2. The van der Waals surface area contributed by atoms with E-state index in [0.717, 1.165) is 19.4 Å². The highest BCUT2D eigenvalue weighted by Crippen LogP contribution is 2.30. The third-order valence-corrected chi connectivity index (χ3v) is 3.10. The number of imide groups is 1. The van der Waals surface area contributed by atoms with Crippen LogP contribution in [0.2, 0.25) is 0 Å². The molecule has 2 amide bonds. The molecule has 2 heterocycles. The fraction of sp³-hybridized carbons (Fsp3) is 0.800. The molecule has 4 nitrogen and oxygen atoms in total. The quantitative estimate of drug-likeness (QED) is 0.632. The van der Waals surface area contributed by atoms with Crippen LogP contribution in [0.4, 0.5) is 0 Å². The van der Waals surface area contributed by atoms with Gasteiger partial charge in [0.05, 0.1) is 11.8 Å². The minimum atomic E-state index is -0.0807. The average Bonchev–Trinajstić information content (AvgIpc) is 2.45. The van der Waals surface area contributed by atoms with Crippen molar-refractivity contribution in [2.45, 2.75) is 19.8 Å². The van der Waals surface area contributed by atoms with Gasteiger partial charge in [0.2, 0.25) is 11.8 Å². The zero-order valence-electron chi connectivity index (χ0n) is 8.45. The van der Waals surface area contributed by atoms with E-state index in [0.29, 0.717) is 13.1 Å². The second-order valence-electron chi connectivity index (χ2n) is 4.03. The zero-order valence-corrected chi connectivity index (χ0v) is 8.45. The van der Waals surface area contributed by atoms with Gasteiger partial charge in [0, 0.05) is 13.1 Å². The molecule has 0 aromatic rings. The van der Waals surface area contributed by atoms with Gasteiger partial charge in [0.1, 0.15) is 0 Å². The van der Waals surface area contributed by atoms with Crippen LogP contribution in [-0.4, -0.2) is 36.3 Å². The normalized spacial score (nSPS) is 32.2. The van der Waals surface area contributed by atoms with Crippen molar-refractivity contribution in [2.75, 3.05) is 19.6 Å². The molecule has 2 unspecified atom stereocenters. The largest absolute Gasteiger partial charge is 0.316 e. The number of hydrogen-bond donors (Lipinski definition) is 1. The van der Waals surface area contributed by atoms with Crippen molar-refractivity contribution < 1.29 is 9.59 Å². The standard InChI is InChI=1S/C10H16N2O2/c1-2-5-12-9(13)7-3-4-11-6-8(7)10(12)14/h7-8,11H,2-6H2,1H3. The molecule has 0 aromatic carbocycles. The number of likely N-dealkylation sites (tertiary alicyclic amines) is 1. The van der Waals surface area contributed by atoms with Crippen molar-refractivity contribution in [1.82, 2.24) is 10.2 Å². The lowest BCUT2D eigenvalue weighted by molar-refractivity contribution is -0.139. The van der Waals surface area contributed by atoms with Gasteiger partial charge in [-0.1, -0.05) is 6.92 Å². The molecule has 78 valence electrons. The van der Waals surface area contributed by atoms with E-state index < -0.39 is 0 Å². The molecule has 2 fully saturated rings. The SMILES string of the molecule is CCCN1C(=O)C2CCNCC2C1=O. The first-order valence-corrected chi connectivity index (χ1v) is 5.31. The van der Waals surface area contributed by atoms with Crippen LogP contribution >= 0.6 is 0 Å². The van der Waals surface area contributed by atoms with Crippen LogP contribution in [0.3, 0.4) is 0 Å². The Hall–Kier alpha value is -0.900. The number of carbonyl (C=O) groups excluding carboxylic acids is 2. The van der Waals surface area contributed by atoms with Gasteiger partial charge in [-0.15, -0.1) is 0 Å². The molecule has 14 heavy (non-hydrogen) atoms. The summed E-state index contributed by atoms with van der Waals surface area (Å²) in [5.41, 5.74) is 0. The van der Waals surface area contributed by atoms with Crippen LogP contribution in [-0.2, 0) is 9.59 Å². The summed E-state index contributed by atoms with van der Waals surface area (Å²) in [6, 6.07) is 0. The lowest BCUT2D eigenvalue weighted by atomic mass is 9.89. The van der Waals surface area contributed by atoms with Gasteiger partial charge in [0.25, 0.3) is 0 Å². The molecule has 2 aliphatic heterocycles. The van der Waals surface area contributed by atoms with Crippen molar-refractivity contribution in [2.24, 2.45) is 11.8 Å². The molecule has 1 N–H and O–H groups in total. The second-order valence-corrected chi connectivity index (χ2v) is 4.03. The van der Waals surface area contributed by atoms with Gasteiger partial charge < -0.3 is 5.32 Å². The van der Waals surface area contributed by atoms with Gasteiger partial charge in [0.15, 0.2) is 0 Å². The molecule has 4 heteroatoms. The number of nitrogens with zero attached hydrogens (tertiary/aromatic N) is 1. The average molecular weight is 196 g/mol. The van der Waals surface area contributed by atoms with E-state index in [1.807, 2.05) is 6.92 Å². The molecule has 2 aliphatic rings. The first kappa shape index (κ1) is 9.65. The number of nitrogens with one attached hydrogen (secondary N) is 1. The van der Waals surface area contributed by atoms with E-state index in [1.165, 1.54) is 4.90 Å². The number of carbonyl (C=O) groups is 2. The number of fused-ring (bicyclic) bond motifs is 1. The molecule has 2 atom stereocenters. The van der Waals surface area contributed by atoms with Crippen LogP contribution in [0.15, 0.2) is 0 Å². The second kappa shape index (κ2) is 3.69. The minimum absolute atomic E-state index is 0.0321. The van der Waals surface area contributed by atoms with Crippen LogP contribution < -0.4 is 5.32 Å². The third kappa shape index (κ3) is 1.34. The lowest BCUT2D eigenvalue weighted by Gasteiger charge is -2.21. The summed E-state index contributed by atoms with van der Waals surface area (Å²) in [6.45, 7) is 4.11. The van der Waals surface area contributed by atoms with Gasteiger partial charge in [-0.25, -0.2) is 0 Å². The molecular formula is C10H16N2O2. The molecule has 0 radical (unpaired) electrons. The topological polar surface area (TPSA) is 49.4 Å². The molecule has 0 aliphatic carbocycles. The zero-order chi connectivity index (χ0) is 10.1. The van der Waals surface area contributed by atoms with Crippen molar-refractivity contribution in [3.8, 4) is 0 Å². The van der Waals surface area contributed by atoms with Crippen molar-refractivity contribution in [1.29, 1.82) is 0 Å². The molecular weight excluding hydrogens is 180 g/mol. The maximum Gasteiger partial charge on any atom is 0.234 e. The molecule has 0 spiro atoms. The Kier molecular flexibility index (Phi) is 2.54. The Balaban J connectivity index is 2.15. The van der Waals surface area contributed by atoms with Crippen molar-refractivity contribution in [3.63, 3.8) is 0 Å². The third-order valence-electron chi connectivity index (χ3n) is 3.10. The van der Waals surface area contributed by atoms with Gasteiger partial charge in [-0.3, -0.25) is 14.5 Å². The summed E-state index contributed by atoms with van der Waals surface area (Å²) < 4.78 is 0. The molecule has 0 aromatic heterocycles. The summed E-state index contributed by atoms with van der Waals surface area (Å²) in [7, 11) is 0. The summed E-state index contributed by atoms with van der Waals surface area (Å²) in [5, 5.41) is 3.17. The molecule has 0 saturated carbocycles. The Morgan fingerprint density at radius 1 is 1.36 bits per heavy atom. The maximum absolute atomic E-state index is 11.8. The highest BCUT2D eigenvalue weighted by molar-refractivity contribution is 6.05. The number of rotatable bonds is 2. The Bertz CT molecular complexity index is 241. The minimum Gasteiger partial charge on any atom is -0.316 e. The van der Waals surface area contributed by atoms with Gasteiger partial charge in [-0.2, -0.15) is 0 Å². The van der Waals surface area contributed by atoms with Crippen molar-refractivity contribution in [3.05, 3.63) is 0 Å². The first-order valence-electron chi connectivity index (χ1n) is 5.31. The van der Waals surface area contributed by atoms with E-state index in [-0.39, 0.29) is 23.7 Å². The van der Waals surface area contributed by atoms with Crippen LogP contribution in [0.5, 0.6) is 0 Å². The van der Waals surface area contributed by atoms with E-state index in [4.69, 9.17) is 0 Å². The maximum atomic E-state index is 11.8. The van der Waals surface area contributed by atoms with E-state index in [2.05, 4.69) is 5.32 Å². The molecule has 2 rings (SSSR count). The van der Waals surface area contributed by atoms with Crippen LogP contribution in [0.1, 0.15) is 19.8 Å². The predicted octanol–water partition coefficient (Wildman–Crippen LogP) is -0.00910.